The Morgan fingerprint density at radius 3 is 3.00 bits per heavy atom. The standard InChI is InChI=1S/C9H19N3/c1-3-4-8-5-6-12(7-8)9(10)11-2/h8H,3-7H2,1-2H3,(H2,10,11). The Bertz CT molecular complexity index is 165. The van der Waals surface area contributed by atoms with Gasteiger partial charge in [0.05, 0.1) is 0 Å². The molecule has 0 aromatic carbocycles. The number of guanidine groups is 1. The smallest absolute Gasteiger partial charge is 0.190 e. The zero-order valence-electron chi connectivity index (χ0n) is 8.08. The van der Waals surface area contributed by atoms with Gasteiger partial charge in [-0.1, -0.05) is 13.3 Å². The summed E-state index contributed by atoms with van der Waals surface area (Å²) in [4.78, 5) is 6.17. The number of nitrogens with zero attached hydrogens (tertiary/aromatic N) is 2. The van der Waals surface area contributed by atoms with Crippen molar-refractivity contribution in [2.24, 2.45) is 16.6 Å². The van der Waals surface area contributed by atoms with Crippen molar-refractivity contribution in [1.29, 1.82) is 0 Å². The molecule has 1 atom stereocenters. The second-order valence-electron chi connectivity index (χ2n) is 3.47. The molecule has 1 fully saturated rings. The minimum atomic E-state index is 0.702. The molecule has 1 aliphatic rings. The average Bonchev–Trinajstić information content (AvgIpc) is 2.52. The van der Waals surface area contributed by atoms with E-state index in [1.54, 1.807) is 7.05 Å². The SMILES string of the molecule is CCCC1CCN(C(N)=NC)C1. The van der Waals surface area contributed by atoms with Crippen LogP contribution in [-0.4, -0.2) is 31.0 Å². The molecule has 0 aliphatic carbocycles. The summed E-state index contributed by atoms with van der Waals surface area (Å²) in [5.74, 6) is 1.55. The Morgan fingerprint density at radius 1 is 1.67 bits per heavy atom. The molecule has 0 radical (unpaired) electrons. The minimum Gasteiger partial charge on any atom is -0.370 e. The van der Waals surface area contributed by atoms with Gasteiger partial charge in [0.2, 0.25) is 0 Å². The van der Waals surface area contributed by atoms with E-state index in [1.807, 2.05) is 0 Å². The van der Waals surface area contributed by atoms with Gasteiger partial charge in [0, 0.05) is 20.1 Å². The molecule has 70 valence electrons. The first kappa shape index (κ1) is 9.36. The Hall–Kier alpha value is -0.730. The van der Waals surface area contributed by atoms with Gasteiger partial charge in [-0.2, -0.15) is 0 Å². The van der Waals surface area contributed by atoms with E-state index in [0.717, 1.165) is 19.0 Å². The largest absolute Gasteiger partial charge is 0.370 e. The highest BCUT2D eigenvalue weighted by Crippen LogP contribution is 2.20. The van der Waals surface area contributed by atoms with Gasteiger partial charge >= 0.3 is 0 Å². The minimum absolute atomic E-state index is 0.702. The summed E-state index contributed by atoms with van der Waals surface area (Å²) in [5.41, 5.74) is 5.71. The molecule has 0 amide bonds. The highest BCUT2D eigenvalue weighted by molar-refractivity contribution is 5.78. The van der Waals surface area contributed by atoms with Crippen molar-refractivity contribution in [2.45, 2.75) is 26.2 Å². The number of rotatable bonds is 2. The molecule has 0 spiro atoms. The van der Waals surface area contributed by atoms with Gasteiger partial charge in [-0.15, -0.1) is 0 Å². The lowest BCUT2D eigenvalue weighted by Crippen LogP contribution is -2.35. The fourth-order valence-corrected chi connectivity index (χ4v) is 1.83. The number of likely N-dealkylation sites (tertiary alicyclic amines) is 1. The number of aliphatic imine (C=N–C) groups is 1. The first-order valence-electron chi connectivity index (χ1n) is 4.75. The number of hydrogen-bond donors (Lipinski definition) is 1. The normalized spacial score (nSPS) is 25.0. The Kier molecular flexibility index (Phi) is 3.38. The monoisotopic (exact) mass is 169 g/mol. The van der Waals surface area contributed by atoms with Crippen LogP contribution in [0.3, 0.4) is 0 Å². The van der Waals surface area contributed by atoms with Crippen LogP contribution in [0.15, 0.2) is 4.99 Å². The van der Waals surface area contributed by atoms with Crippen molar-refractivity contribution >= 4 is 5.96 Å². The lowest BCUT2D eigenvalue weighted by molar-refractivity contribution is 0.454. The van der Waals surface area contributed by atoms with E-state index in [4.69, 9.17) is 5.73 Å². The van der Waals surface area contributed by atoms with Crippen molar-refractivity contribution in [1.82, 2.24) is 4.90 Å². The molecule has 0 saturated carbocycles. The molecule has 1 heterocycles. The van der Waals surface area contributed by atoms with Gasteiger partial charge in [-0.05, 0) is 18.8 Å². The van der Waals surface area contributed by atoms with E-state index in [1.165, 1.54) is 19.3 Å². The maximum absolute atomic E-state index is 5.71. The number of nitrogens with two attached hydrogens (primary N) is 1. The van der Waals surface area contributed by atoms with Gasteiger partial charge in [0.25, 0.3) is 0 Å². The van der Waals surface area contributed by atoms with Crippen molar-refractivity contribution < 1.29 is 0 Å². The summed E-state index contributed by atoms with van der Waals surface area (Å²) in [6, 6.07) is 0. The first-order valence-corrected chi connectivity index (χ1v) is 4.75. The number of hydrogen-bond acceptors (Lipinski definition) is 1. The van der Waals surface area contributed by atoms with Crippen LogP contribution >= 0.6 is 0 Å². The average molecular weight is 169 g/mol. The summed E-state index contributed by atoms with van der Waals surface area (Å²) in [6.45, 7) is 4.44. The van der Waals surface area contributed by atoms with Crippen molar-refractivity contribution in [2.75, 3.05) is 20.1 Å². The predicted molar refractivity (Wildman–Crippen MR) is 52.1 cm³/mol. The molecule has 0 bridgehead atoms. The van der Waals surface area contributed by atoms with Crippen LogP contribution in [0.4, 0.5) is 0 Å². The van der Waals surface area contributed by atoms with E-state index in [2.05, 4.69) is 16.8 Å². The second kappa shape index (κ2) is 4.33. The van der Waals surface area contributed by atoms with Crippen molar-refractivity contribution in [3.05, 3.63) is 0 Å². The van der Waals surface area contributed by atoms with Crippen molar-refractivity contribution in [3.8, 4) is 0 Å². The zero-order valence-corrected chi connectivity index (χ0v) is 8.08. The van der Waals surface area contributed by atoms with Crippen LogP contribution < -0.4 is 5.73 Å². The van der Waals surface area contributed by atoms with E-state index in [-0.39, 0.29) is 0 Å². The predicted octanol–water partition coefficient (Wildman–Crippen LogP) is 1.05. The van der Waals surface area contributed by atoms with Gasteiger partial charge < -0.3 is 10.6 Å². The fraction of sp³-hybridized carbons (Fsp3) is 0.889. The van der Waals surface area contributed by atoms with Gasteiger partial charge in [0.1, 0.15) is 0 Å². The first-order chi connectivity index (χ1) is 5.77. The summed E-state index contributed by atoms with van der Waals surface area (Å²) in [5, 5.41) is 0. The molecular weight excluding hydrogens is 150 g/mol. The lowest BCUT2D eigenvalue weighted by Gasteiger charge is -2.16. The van der Waals surface area contributed by atoms with E-state index < -0.39 is 0 Å². The molecule has 1 saturated heterocycles. The third kappa shape index (κ3) is 2.13. The quantitative estimate of drug-likeness (QED) is 0.496. The lowest BCUT2D eigenvalue weighted by atomic mass is 10.0. The van der Waals surface area contributed by atoms with E-state index >= 15 is 0 Å². The second-order valence-corrected chi connectivity index (χ2v) is 3.47. The molecule has 1 unspecified atom stereocenters. The molecule has 2 N–H and O–H groups in total. The maximum atomic E-state index is 5.71. The van der Waals surface area contributed by atoms with Crippen LogP contribution in [0.5, 0.6) is 0 Å². The maximum Gasteiger partial charge on any atom is 0.190 e. The van der Waals surface area contributed by atoms with Crippen LogP contribution in [-0.2, 0) is 0 Å². The molecule has 1 aliphatic heterocycles. The van der Waals surface area contributed by atoms with Gasteiger partial charge in [0.15, 0.2) is 5.96 Å². The molecule has 12 heavy (non-hydrogen) atoms. The van der Waals surface area contributed by atoms with Crippen LogP contribution in [0, 0.1) is 5.92 Å². The third-order valence-corrected chi connectivity index (χ3v) is 2.54. The van der Waals surface area contributed by atoms with Crippen LogP contribution in [0.25, 0.3) is 0 Å². The molecule has 0 aromatic rings. The Labute approximate surface area is 74.6 Å². The Balaban J connectivity index is 2.35. The van der Waals surface area contributed by atoms with E-state index in [9.17, 15) is 0 Å². The zero-order chi connectivity index (χ0) is 8.97. The summed E-state index contributed by atoms with van der Waals surface area (Å²) >= 11 is 0. The van der Waals surface area contributed by atoms with Gasteiger partial charge in [-0.25, -0.2) is 0 Å². The van der Waals surface area contributed by atoms with Gasteiger partial charge in [-0.3, -0.25) is 4.99 Å². The highest BCUT2D eigenvalue weighted by atomic mass is 15.3. The Morgan fingerprint density at radius 2 is 2.42 bits per heavy atom. The molecule has 0 aromatic heterocycles. The topological polar surface area (TPSA) is 41.6 Å². The third-order valence-electron chi connectivity index (χ3n) is 2.54. The van der Waals surface area contributed by atoms with E-state index in [0.29, 0.717) is 5.96 Å². The highest BCUT2D eigenvalue weighted by Gasteiger charge is 2.22. The summed E-state index contributed by atoms with van der Waals surface area (Å²) in [7, 11) is 1.75. The molecule has 1 rings (SSSR count). The summed E-state index contributed by atoms with van der Waals surface area (Å²) < 4.78 is 0. The fourth-order valence-electron chi connectivity index (χ4n) is 1.83. The molecule has 3 heteroatoms. The van der Waals surface area contributed by atoms with Crippen LogP contribution in [0.1, 0.15) is 26.2 Å². The molecule has 3 nitrogen and oxygen atoms in total. The van der Waals surface area contributed by atoms with Crippen molar-refractivity contribution in [3.63, 3.8) is 0 Å². The molecular formula is C9H19N3. The summed E-state index contributed by atoms with van der Waals surface area (Å²) in [6.07, 6.45) is 3.89. The van der Waals surface area contributed by atoms with Crippen LogP contribution in [0.2, 0.25) is 0 Å².